The quantitative estimate of drug-likeness (QED) is 0.483. The number of esters is 1. The summed E-state index contributed by atoms with van der Waals surface area (Å²) < 4.78 is 5.15. The molecule has 0 heterocycles. The lowest BCUT2D eigenvalue weighted by molar-refractivity contribution is -0.149. The molecule has 5 nitrogen and oxygen atoms in total. The Morgan fingerprint density at radius 2 is 1.92 bits per heavy atom. The van der Waals surface area contributed by atoms with Gasteiger partial charge in [-0.2, -0.15) is 0 Å². The van der Waals surface area contributed by atoms with E-state index in [4.69, 9.17) is 4.74 Å². The topological polar surface area (TPSA) is 62.7 Å². The fourth-order valence-corrected chi connectivity index (χ4v) is 3.97. The number of carbonyl (C=O) groups is 1. The second-order valence-corrected chi connectivity index (χ2v) is 7.47. The maximum absolute atomic E-state index is 11.9. The lowest BCUT2D eigenvalue weighted by Gasteiger charge is -2.29. The highest BCUT2D eigenvalue weighted by atomic mass is 16.5. The van der Waals surface area contributed by atoms with E-state index in [1.54, 1.807) is 0 Å². The SMILES string of the molecule is CCOC(=O)C1CCC(NC(=NC)NC2CC2c2ccccc2C)CC1. The van der Waals surface area contributed by atoms with Gasteiger partial charge in [0.05, 0.1) is 12.5 Å². The highest BCUT2D eigenvalue weighted by Crippen LogP contribution is 2.42. The Morgan fingerprint density at radius 3 is 2.58 bits per heavy atom. The minimum absolute atomic E-state index is 0.0347. The van der Waals surface area contributed by atoms with Crippen molar-refractivity contribution in [1.82, 2.24) is 10.6 Å². The van der Waals surface area contributed by atoms with Crippen LogP contribution in [0.5, 0.6) is 0 Å². The molecule has 5 heteroatoms. The number of aliphatic imine (C=N–C) groups is 1. The van der Waals surface area contributed by atoms with Crippen molar-refractivity contribution in [3.63, 3.8) is 0 Å². The normalized spacial score (nSPS) is 28.3. The van der Waals surface area contributed by atoms with Crippen molar-refractivity contribution in [2.75, 3.05) is 13.7 Å². The van der Waals surface area contributed by atoms with Crippen LogP contribution in [0, 0.1) is 12.8 Å². The molecule has 2 aliphatic carbocycles. The van der Waals surface area contributed by atoms with Crippen molar-refractivity contribution < 1.29 is 9.53 Å². The summed E-state index contributed by atoms with van der Waals surface area (Å²) in [6.45, 7) is 4.51. The molecule has 0 saturated heterocycles. The second kappa shape index (κ2) is 8.56. The van der Waals surface area contributed by atoms with Gasteiger partial charge in [-0.25, -0.2) is 0 Å². The van der Waals surface area contributed by atoms with Crippen LogP contribution in [-0.4, -0.2) is 37.7 Å². The summed E-state index contributed by atoms with van der Waals surface area (Å²) >= 11 is 0. The van der Waals surface area contributed by atoms with E-state index in [9.17, 15) is 4.79 Å². The molecule has 2 aliphatic rings. The van der Waals surface area contributed by atoms with E-state index >= 15 is 0 Å². The first-order valence-electron chi connectivity index (χ1n) is 9.84. The lowest BCUT2D eigenvalue weighted by Crippen LogP contribution is -2.46. The third kappa shape index (κ3) is 4.57. The standard InChI is InChI=1S/C21H31N3O2/c1-4-26-20(25)15-9-11-16(12-10-15)23-21(22-3)24-19-13-18(19)17-8-6-5-7-14(17)2/h5-8,15-16,18-19H,4,9-13H2,1-3H3,(H2,22,23,24). The Morgan fingerprint density at radius 1 is 1.19 bits per heavy atom. The number of benzene rings is 1. The maximum Gasteiger partial charge on any atom is 0.308 e. The van der Waals surface area contributed by atoms with Gasteiger partial charge in [-0.3, -0.25) is 9.79 Å². The van der Waals surface area contributed by atoms with Gasteiger partial charge in [-0.05, 0) is 57.1 Å². The van der Waals surface area contributed by atoms with Crippen molar-refractivity contribution in [3.05, 3.63) is 35.4 Å². The summed E-state index contributed by atoms with van der Waals surface area (Å²) in [5, 5.41) is 7.11. The number of ether oxygens (including phenoxy) is 1. The molecule has 2 unspecified atom stereocenters. The van der Waals surface area contributed by atoms with E-state index in [1.165, 1.54) is 11.1 Å². The average molecular weight is 357 g/mol. The first-order valence-corrected chi connectivity index (χ1v) is 9.84. The molecular weight excluding hydrogens is 326 g/mol. The summed E-state index contributed by atoms with van der Waals surface area (Å²) in [5.41, 5.74) is 2.80. The highest BCUT2D eigenvalue weighted by molar-refractivity contribution is 5.81. The van der Waals surface area contributed by atoms with Gasteiger partial charge < -0.3 is 15.4 Å². The number of nitrogens with zero attached hydrogens (tertiary/aromatic N) is 1. The summed E-state index contributed by atoms with van der Waals surface area (Å²) in [4.78, 5) is 16.3. The van der Waals surface area contributed by atoms with Gasteiger partial charge in [-0.15, -0.1) is 0 Å². The molecule has 0 aromatic heterocycles. The molecule has 142 valence electrons. The van der Waals surface area contributed by atoms with Crippen molar-refractivity contribution in [3.8, 4) is 0 Å². The number of hydrogen-bond acceptors (Lipinski definition) is 3. The molecule has 26 heavy (non-hydrogen) atoms. The molecule has 2 fully saturated rings. The van der Waals surface area contributed by atoms with Crippen LogP contribution in [0.3, 0.4) is 0 Å². The Balaban J connectivity index is 1.45. The van der Waals surface area contributed by atoms with Crippen LogP contribution in [0.25, 0.3) is 0 Å². The molecule has 1 aromatic carbocycles. The van der Waals surface area contributed by atoms with Crippen LogP contribution in [-0.2, 0) is 9.53 Å². The number of nitrogens with one attached hydrogen (secondary N) is 2. The number of rotatable bonds is 5. The summed E-state index contributed by atoms with van der Waals surface area (Å²) in [7, 11) is 1.82. The predicted octanol–water partition coefficient (Wildman–Crippen LogP) is 3.14. The van der Waals surface area contributed by atoms with E-state index in [0.717, 1.165) is 38.1 Å². The zero-order valence-electron chi connectivity index (χ0n) is 16.1. The lowest BCUT2D eigenvalue weighted by atomic mass is 9.86. The second-order valence-electron chi connectivity index (χ2n) is 7.47. The first-order chi connectivity index (χ1) is 12.6. The van der Waals surface area contributed by atoms with Gasteiger partial charge >= 0.3 is 5.97 Å². The molecule has 2 saturated carbocycles. The Kier molecular flexibility index (Phi) is 6.17. The van der Waals surface area contributed by atoms with Crippen molar-refractivity contribution >= 4 is 11.9 Å². The van der Waals surface area contributed by atoms with E-state index < -0.39 is 0 Å². The van der Waals surface area contributed by atoms with E-state index in [2.05, 4.69) is 46.8 Å². The number of guanidine groups is 1. The van der Waals surface area contributed by atoms with E-state index in [-0.39, 0.29) is 11.9 Å². The van der Waals surface area contributed by atoms with Crippen molar-refractivity contribution in [1.29, 1.82) is 0 Å². The average Bonchev–Trinajstić information content (AvgIpc) is 3.41. The molecule has 3 rings (SSSR count). The molecule has 2 atom stereocenters. The van der Waals surface area contributed by atoms with Gasteiger partial charge in [0.15, 0.2) is 5.96 Å². The molecule has 0 spiro atoms. The summed E-state index contributed by atoms with van der Waals surface area (Å²) in [6.07, 6.45) is 4.90. The van der Waals surface area contributed by atoms with Crippen LogP contribution in [0.15, 0.2) is 29.3 Å². The molecule has 0 aliphatic heterocycles. The fourth-order valence-electron chi connectivity index (χ4n) is 3.97. The third-order valence-corrected chi connectivity index (χ3v) is 5.61. The monoisotopic (exact) mass is 357 g/mol. The molecule has 0 radical (unpaired) electrons. The summed E-state index contributed by atoms with van der Waals surface area (Å²) in [5.74, 6) is 1.49. The minimum Gasteiger partial charge on any atom is -0.466 e. The van der Waals surface area contributed by atoms with Gasteiger partial charge in [0.25, 0.3) is 0 Å². The Bertz CT molecular complexity index is 650. The maximum atomic E-state index is 11.9. The van der Waals surface area contributed by atoms with Crippen molar-refractivity contribution in [2.24, 2.45) is 10.9 Å². The van der Waals surface area contributed by atoms with E-state index in [0.29, 0.717) is 24.6 Å². The first kappa shape index (κ1) is 18.7. The minimum atomic E-state index is -0.0347. The number of aryl methyl sites for hydroxylation is 1. The number of carbonyl (C=O) groups excluding carboxylic acids is 1. The van der Waals surface area contributed by atoms with Crippen LogP contribution < -0.4 is 10.6 Å². The smallest absolute Gasteiger partial charge is 0.308 e. The Hall–Kier alpha value is -2.04. The van der Waals surface area contributed by atoms with Gasteiger partial charge in [0, 0.05) is 25.0 Å². The zero-order chi connectivity index (χ0) is 18.5. The van der Waals surface area contributed by atoms with Crippen molar-refractivity contribution in [2.45, 2.75) is 64.0 Å². The molecule has 1 aromatic rings. The number of hydrogen-bond donors (Lipinski definition) is 2. The van der Waals surface area contributed by atoms with Crippen LogP contribution in [0.4, 0.5) is 0 Å². The zero-order valence-corrected chi connectivity index (χ0v) is 16.1. The van der Waals surface area contributed by atoms with Gasteiger partial charge in [0.1, 0.15) is 0 Å². The van der Waals surface area contributed by atoms with Crippen LogP contribution >= 0.6 is 0 Å². The van der Waals surface area contributed by atoms with Crippen LogP contribution in [0.2, 0.25) is 0 Å². The van der Waals surface area contributed by atoms with E-state index in [1.807, 2.05) is 14.0 Å². The van der Waals surface area contributed by atoms with Gasteiger partial charge in [-0.1, -0.05) is 24.3 Å². The van der Waals surface area contributed by atoms with Crippen LogP contribution in [0.1, 0.15) is 56.1 Å². The van der Waals surface area contributed by atoms with Gasteiger partial charge in [0.2, 0.25) is 0 Å². The molecular formula is C21H31N3O2. The molecule has 0 bridgehead atoms. The third-order valence-electron chi connectivity index (χ3n) is 5.61. The fraction of sp³-hybridized carbons (Fsp3) is 0.619. The summed E-state index contributed by atoms with van der Waals surface area (Å²) in [6, 6.07) is 9.46. The predicted molar refractivity (Wildman–Crippen MR) is 104 cm³/mol. The molecule has 2 N–H and O–H groups in total. The largest absolute Gasteiger partial charge is 0.466 e. The molecule has 0 amide bonds. The Labute approximate surface area is 156 Å². The highest BCUT2D eigenvalue weighted by Gasteiger charge is 2.40.